The number of nitrogens with zero attached hydrogens (tertiary/aromatic N) is 2. The third kappa shape index (κ3) is 10.5. The molecule has 0 fully saturated rings. The number of imide groups is 1. The Labute approximate surface area is 300 Å². The van der Waals surface area contributed by atoms with Gasteiger partial charge in [0, 0.05) is 23.7 Å². The van der Waals surface area contributed by atoms with Gasteiger partial charge >= 0.3 is 6.09 Å². The van der Waals surface area contributed by atoms with Crippen LogP contribution >= 0.6 is 0 Å². The van der Waals surface area contributed by atoms with E-state index in [9.17, 15) is 24.0 Å². The Hall–Kier alpha value is -5.07. The van der Waals surface area contributed by atoms with Crippen LogP contribution in [0.15, 0.2) is 48.5 Å². The largest absolute Gasteiger partial charge is 0.444 e. The van der Waals surface area contributed by atoms with E-state index < -0.39 is 35.5 Å². The molecule has 3 aromatic rings. The van der Waals surface area contributed by atoms with Crippen LogP contribution in [0.4, 0.5) is 4.79 Å². The van der Waals surface area contributed by atoms with Crippen molar-refractivity contribution in [2.75, 3.05) is 27.2 Å². The summed E-state index contributed by atoms with van der Waals surface area (Å²) >= 11 is 0. The first kappa shape index (κ1) is 40.4. The molecule has 0 aliphatic carbocycles. The molecule has 0 radical (unpaired) electrons. The minimum Gasteiger partial charge on any atom is -0.444 e. The number of carbonyl (C=O) groups is 5. The Morgan fingerprint density at radius 3 is 1.55 bits per heavy atom. The number of benzene rings is 3. The zero-order chi connectivity index (χ0) is 38.4. The quantitative estimate of drug-likeness (QED) is 0.216. The Balaban J connectivity index is 0.000000330. The van der Waals surface area contributed by atoms with Gasteiger partial charge in [-0.25, -0.2) is 4.79 Å². The summed E-state index contributed by atoms with van der Waals surface area (Å²) in [5, 5.41) is 2.81. The number of aryl methyl sites for hydroxylation is 4. The topological polar surface area (TPSA) is 191 Å². The van der Waals surface area contributed by atoms with Gasteiger partial charge in [0.25, 0.3) is 11.8 Å². The molecule has 51 heavy (non-hydrogen) atoms. The second-order valence-corrected chi connectivity index (χ2v) is 14.3. The maximum absolute atomic E-state index is 12.9. The van der Waals surface area contributed by atoms with Gasteiger partial charge in [0.2, 0.25) is 11.8 Å². The smallest absolute Gasteiger partial charge is 0.407 e. The molecule has 1 aliphatic rings. The summed E-state index contributed by atoms with van der Waals surface area (Å²) in [5.41, 5.74) is 23.4. The molecular weight excluding hydrogens is 648 g/mol. The number of amides is 5. The van der Waals surface area contributed by atoms with Crippen LogP contribution in [-0.4, -0.2) is 84.4 Å². The molecule has 274 valence electrons. The van der Waals surface area contributed by atoms with Gasteiger partial charge in [-0.15, -0.1) is 0 Å². The van der Waals surface area contributed by atoms with Gasteiger partial charge in [0.15, 0.2) is 0 Å². The molecule has 4 rings (SSSR count). The predicted molar refractivity (Wildman–Crippen MR) is 198 cm³/mol. The van der Waals surface area contributed by atoms with Crippen molar-refractivity contribution in [3.05, 3.63) is 104 Å². The lowest BCUT2D eigenvalue weighted by atomic mass is 9.93. The lowest BCUT2D eigenvalue weighted by Gasteiger charge is -2.27. The van der Waals surface area contributed by atoms with Crippen molar-refractivity contribution in [3.8, 4) is 0 Å². The molecular formula is C39H52N6O6. The van der Waals surface area contributed by atoms with Crippen molar-refractivity contribution in [2.24, 2.45) is 17.2 Å². The third-order valence-electron chi connectivity index (χ3n) is 8.86. The number of fused-ring (bicyclic) bond motifs is 1. The van der Waals surface area contributed by atoms with Crippen LogP contribution < -0.4 is 22.5 Å². The number of ether oxygens (including phenoxy) is 1. The maximum Gasteiger partial charge on any atom is 0.407 e. The van der Waals surface area contributed by atoms with Crippen LogP contribution in [0.1, 0.15) is 95.6 Å². The predicted octanol–water partition coefficient (Wildman–Crippen LogP) is 3.97. The molecule has 3 aromatic carbocycles. The highest BCUT2D eigenvalue weighted by Crippen LogP contribution is 2.25. The summed E-state index contributed by atoms with van der Waals surface area (Å²) in [5.74, 6) is -1.70. The van der Waals surface area contributed by atoms with Gasteiger partial charge < -0.3 is 32.2 Å². The third-order valence-corrected chi connectivity index (χ3v) is 8.86. The SMILES string of the molecule is Cc1cc(C(N)=O)cc(C)c1C[C@@H](CN)N(C)C.Cc1cc(C(N)=O)cc(C)c1C[C@@H](CN1C(=O)c2ccccc2C1=O)NC(=O)OC(C)(C)C. The summed E-state index contributed by atoms with van der Waals surface area (Å²) in [7, 11) is 4.06. The zero-order valence-corrected chi connectivity index (χ0v) is 31.2. The number of carbonyl (C=O) groups excluding carboxylic acids is 5. The van der Waals surface area contributed by atoms with Crippen molar-refractivity contribution in [2.45, 2.75) is 79.0 Å². The molecule has 0 aromatic heterocycles. The van der Waals surface area contributed by atoms with E-state index in [1.165, 1.54) is 5.56 Å². The van der Waals surface area contributed by atoms with Gasteiger partial charge in [-0.05, 0) is 145 Å². The fourth-order valence-corrected chi connectivity index (χ4v) is 6.13. The van der Waals surface area contributed by atoms with Gasteiger partial charge in [-0.3, -0.25) is 24.1 Å². The summed E-state index contributed by atoms with van der Waals surface area (Å²) in [6, 6.07) is 13.4. The summed E-state index contributed by atoms with van der Waals surface area (Å²) in [6.45, 7) is 13.6. The first-order valence-electron chi connectivity index (χ1n) is 16.8. The monoisotopic (exact) mass is 700 g/mol. The average Bonchev–Trinajstić information content (AvgIpc) is 3.26. The summed E-state index contributed by atoms with van der Waals surface area (Å²) < 4.78 is 5.40. The number of hydrogen-bond acceptors (Lipinski definition) is 8. The second-order valence-electron chi connectivity index (χ2n) is 14.3. The van der Waals surface area contributed by atoms with Crippen LogP contribution in [-0.2, 0) is 17.6 Å². The van der Waals surface area contributed by atoms with Crippen LogP contribution in [0, 0.1) is 27.7 Å². The highest BCUT2D eigenvalue weighted by molar-refractivity contribution is 6.21. The highest BCUT2D eigenvalue weighted by atomic mass is 16.6. The van der Waals surface area contributed by atoms with E-state index in [0.29, 0.717) is 41.3 Å². The molecule has 12 nitrogen and oxygen atoms in total. The van der Waals surface area contributed by atoms with Crippen molar-refractivity contribution >= 4 is 29.7 Å². The van der Waals surface area contributed by atoms with Gasteiger partial charge in [0.05, 0.1) is 23.7 Å². The number of nitrogens with one attached hydrogen (secondary N) is 1. The van der Waals surface area contributed by atoms with Crippen molar-refractivity contribution in [1.82, 2.24) is 15.1 Å². The lowest BCUT2D eigenvalue weighted by Crippen LogP contribution is -2.48. The number of alkyl carbamates (subject to hydrolysis) is 1. The second kappa shape index (κ2) is 16.8. The molecule has 7 N–H and O–H groups in total. The fourth-order valence-electron chi connectivity index (χ4n) is 6.13. The molecule has 12 heteroatoms. The molecule has 2 atom stereocenters. The molecule has 1 heterocycles. The van der Waals surface area contributed by atoms with E-state index in [-0.39, 0.29) is 12.5 Å². The summed E-state index contributed by atoms with van der Waals surface area (Å²) in [4.78, 5) is 64.4. The maximum atomic E-state index is 12.9. The first-order valence-corrected chi connectivity index (χ1v) is 16.8. The first-order chi connectivity index (χ1) is 23.7. The zero-order valence-electron chi connectivity index (χ0n) is 31.2. The van der Waals surface area contributed by atoms with E-state index in [4.69, 9.17) is 21.9 Å². The Kier molecular flexibility index (Phi) is 13.3. The van der Waals surface area contributed by atoms with E-state index in [0.717, 1.165) is 39.1 Å². The normalized spacial score (nSPS) is 13.7. The van der Waals surface area contributed by atoms with Crippen molar-refractivity contribution in [3.63, 3.8) is 0 Å². The van der Waals surface area contributed by atoms with Gasteiger partial charge in [-0.1, -0.05) is 12.1 Å². The number of primary amides is 2. The van der Waals surface area contributed by atoms with Crippen LogP contribution in [0.3, 0.4) is 0 Å². The minimum absolute atomic E-state index is 0.0258. The molecule has 0 unspecified atom stereocenters. The molecule has 5 amide bonds. The lowest BCUT2D eigenvalue weighted by molar-refractivity contribution is 0.0468. The fraction of sp³-hybridized carbons (Fsp3) is 0.410. The molecule has 0 spiro atoms. The van der Waals surface area contributed by atoms with Crippen LogP contribution in [0.25, 0.3) is 0 Å². The molecule has 1 aliphatic heterocycles. The Morgan fingerprint density at radius 2 is 1.20 bits per heavy atom. The Bertz CT molecular complexity index is 1730. The van der Waals surface area contributed by atoms with Gasteiger partial charge in [-0.2, -0.15) is 0 Å². The number of likely N-dealkylation sites (N-methyl/N-ethyl adjacent to an activating group) is 1. The standard InChI is InChI=1S/C25H29N3O5.C14H23N3O/c1-14-10-16(21(26)29)11-15(2)20(14)12-17(27-24(32)33-25(3,4)5)13-28-22(30)18-8-6-7-9-19(18)23(28)31;1-9-5-11(14(16)18)6-10(2)13(9)7-12(8-15)17(3)4/h6-11,17H,12-13H2,1-5H3,(H2,26,29)(H,27,32);5-6,12H,7-8,15H2,1-4H3,(H2,16,18)/t17-;12-/m00/s1. The van der Waals surface area contributed by atoms with Crippen molar-refractivity contribution in [1.29, 1.82) is 0 Å². The average molecular weight is 701 g/mol. The van der Waals surface area contributed by atoms with E-state index in [2.05, 4.69) is 10.2 Å². The number of hydrogen-bond donors (Lipinski definition) is 4. The van der Waals surface area contributed by atoms with E-state index >= 15 is 0 Å². The number of nitrogens with two attached hydrogens (primary N) is 3. The van der Waals surface area contributed by atoms with Gasteiger partial charge in [0.1, 0.15) is 5.60 Å². The summed E-state index contributed by atoms with van der Waals surface area (Å²) in [6.07, 6.45) is 0.567. The van der Waals surface area contributed by atoms with Crippen molar-refractivity contribution < 1.29 is 28.7 Å². The van der Waals surface area contributed by atoms with E-state index in [1.54, 1.807) is 57.2 Å². The van der Waals surface area contributed by atoms with Crippen LogP contribution in [0.2, 0.25) is 0 Å². The van der Waals surface area contributed by atoms with Crippen LogP contribution in [0.5, 0.6) is 0 Å². The highest BCUT2D eigenvalue weighted by Gasteiger charge is 2.37. The molecule has 0 bridgehead atoms. The number of rotatable bonds is 11. The Morgan fingerprint density at radius 1 is 0.784 bits per heavy atom. The van der Waals surface area contributed by atoms with E-state index in [1.807, 2.05) is 53.9 Å². The minimum atomic E-state index is -0.709. The molecule has 0 saturated carbocycles. The molecule has 0 saturated heterocycles.